The van der Waals surface area contributed by atoms with Gasteiger partial charge in [0.05, 0.1) is 18.1 Å². The van der Waals surface area contributed by atoms with Gasteiger partial charge in [-0.05, 0) is 68.0 Å². The molecule has 0 radical (unpaired) electrons. The van der Waals surface area contributed by atoms with E-state index in [-0.39, 0.29) is 29.5 Å². The van der Waals surface area contributed by atoms with Crippen LogP contribution in [0.5, 0.6) is 0 Å². The zero-order valence-corrected chi connectivity index (χ0v) is 16.0. The fourth-order valence-corrected chi connectivity index (χ4v) is 2.45. The Morgan fingerprint density at radius 1 is 1.08 bits per heavy atom. The molecule has 2 N–H and O–H groups in total. The molecule has 0 heterocycles. The van der Waals surface area contributed by atoms with Crippen molar-refractivity contribution in [1.29, 1.82) is 0 Å². The van der Waals surface area contributed by atoms with Gasteiger partial charge in [-0.2, -0.15) is 0 Å². The standard InChI is InChI=1S/C19H19ClN2O3S/c1-12(2)25-18(24)14-5-9-16(10-6-14)21-19(26)22-17(23)11-13-3-7-15(20)8-4-13/h3-10,12H,11H2,1-2H3,(H2,21,22,23,26). The number of ether oxygens (including phenoxy) is 1. The average molecular weight is 391 g/mol. The van der Waals surface area contributed by atoms with Crippen molar-refractivity contribution in [2.45, 2.75) is 26.4 Å². The van der Waals surface area contributed by atoms with Gasteiger partial charge in [0.25, 0.3) is 0 Å². The SMILES string of the molecule is CC(C)OC(=O)c1ccc(NC(=S)NC(=O)Cc2ccc(Cl)cc2)cc1. The van der Waals surface area contributed by atoms with Crippen molar-refractivity contribution in [2.24, 2.45) is 0 Å². The Balaban J connectivity index is 1.86. The Morgan fingerprint density at radius 3 is 2.27 bits per heavy atom. The number of esters is 1. The van der Waals surface area contributed by atoms with Crippen LogP contribution in [-0.4, -0.2) is 23.1 Å². The first kappa shape index (κ1) is 19.9. The first-order valence-corrected chi connectivity index (χ1v) is 8.78. The van der Waals surface area contributed by atoms with Crippen molar-refractivity contribution in [2.75, 3.05) is 5.32 Å². The predicted octanol–water partition coefficient (Wildman–Crippen LogP) is 3.96. The molecule has 7 heteroatoms. The summed E-state index contributed by atoms with van der Waals surface area (Å²) in [6.07, 6.45) is 0.0163. The van der Waals surface area contributed by atoms with Crippen LogP contribution in [-0.2, 0) is 16.0 Å². The Hall–Kier alpha value is -2.44. The molecule has 0 saturated carbocycles. The highest BCUT2D eigenvalue weighted by Gasteiger charge is 2.10. The molecule has 5 nitrogen and oxygen atoms in total. The minimum Gasteiger partial charge on any atom is -0.459 e. The maximum absolute atomic E-state index is 12.0. The zero-order valence-electron chi connectivity index (χ0n) is 14.4. The summed E-state index contributed by atoms with van der Waals surface area (Å²) in [6.45, 7) is 3.58. The number of benzene rings is 2. The van der Waals surface area contributed by atoms with E-state index in [0.29, 0.717) is 16.3 Å². The molecule has 2 aromatic rings. The molecular weight excluding hydrogens is 372 g/mol. The lowest BCUT2D eigenvalue weighted by molar-refractivity contribution is -0.119. The summed E-state index contributed by atoms with van der Waals surface area (Å²) in [5.74, 6) is -0.618. The van der Waals surface area contributed by atoms with Gasteiger partial charge in [-0.15, -0.1) is 0 Å². The highest BCUT2D eigenvalue weighted by Crippen LogP contribution is 2.12. The molecule has 0 bridgehead atoms. The van der Waals surface area contributed by atoms with E-state index in [1.54, 1.807) is 62.4 Å². The Kier molecular flexibility index (Phi) is 7.12. The first-order chi connectivity index (χ1) is 12.3. The number of hydrogen-bond acceptors (Lipinski definition) is 4. The quantitative estimate of drug-likeness (QED) is 0.597. The number of carbonyl (C=O) groups excluding carboxylic acids is 2. The fourth-order valence-electron chi connectivity index (χ4n) is 2.09. The largest absolute Gasteiger partial charge is 0.459 e. The Bertz CT molecular complexity index is 789. The van der Waals surface area contributed by atoms with Crippen LogP contribution in [0.4, 0.5) is 5.69 Å². The van der Waals surface area contributed by atoms with Crippen molar-refractivity contribution in [3.63, 3.8) is 0 Å². The van der Waals surface area contributed by atoms with E-state index in [9.17, 15) is 9.59 Å². The van der Waals surface area contributed by atoms with Crippen LogP contribution in [0.3, 0.4) is 0 Å². The van der Waals surface area contributed by atoms with E-state index in [0.717, 1.165) is 5.56 Å². The predicted molar refractivity (Wildman–Crippen MR) is 107 cm³/mol. The third-order valence-corrected chi connectivity index (χ3v) is 3.71. The molecular formula is C19H19ClN2O3S. The van der Waals surface area contributed by atoms with Crippen LogP contribution in [0.15, 0.2) is 48.5 Å². The van der Waals surface area contributed by atoms with E-state index < -0.39 is 0 Å². The first-order valence-electron chi connectivity index (χ1n) is 8.00. The van der Waals surface area contributed by atoms with E-state index in [2.05, 4.69) is 10.6 Å². The van der Waals surface area contributed by atoms with Crippen molar-refractivity contribution < 1.29 is 14.3 Å². The van der Waals surface area contributed by atoms with E-state index in [1.807, 2.05) is 0 Å². The topological polar surface area (TPSA) is 67.4 Å². The minimum atomic E-state index is -0.384. The highest BCUT2D eigenvalue weighted by molar-refractivity contribution is 7.80. The van der Waals surface area contributed by atoms with Crippen LogP contribution in [0.1, 0.15) is 29.8 Å². The zero-order chi connectivity index (χ0) is 19.1. The molecule has 0 spiro atoms. The number of amides is 1. The lowest BCUT2D eigenvalue weighted by atomic mass is 10.1. The average Bonchev–Trinajstić information content (AvgIpc) is 2.56. The van der Waals surface area contributed by atoms with Crippen molar-refractivity contribution in [3.8, 4) is 0 Å². The van der Waals surface area contributed by atoms with Gasteiger partial charge in [0.1, 0.15) is 0 Å². The van der Waals surface area contributed by atoms with Gasteiger partial charge in [-0.25, -0.2) is 4.79 Å². The molecule has 1 amide bonds. The summed E-state index contributed by atoms with van der Waals surface area (Å²) in [6, 6.07) is 13.7. The molecule has 2 rings (SSSR count). The third kappa shape index (κ3) is 6.46. The van der Waals surface area contributed by atoms with Crippen LogP contribution < -0.4 is 10.6 Å². The second-order valence-electron chi connectivity index (χ2n) is 5.84. The van der Waals surface area contributed by atoms with Gasteiger partial charge in [0, 0.05) is 10.7 Å². The molecule has 2 aromatic carbocycles. The molecule has 0 atom stereocenters. The summed E-state index contributed by atoms with van der Waals surface area (Å²) in [5.41, 5.74) is 1.94. The Morgan fingerprint density at radius 2 is 1.69 bits per heavy atom. The maximum Gasteiger partial charge on any atom is 0.338 e. The lowest BCUT2D eigenvalue weighted by Crippen LogP contribution is -2.35. The maximum atomic E-state index is 12.0. The lowest BCUT2D eigenvalue weighted by Gasteiger charge is -2.11. The number of rotatable bonds is 5. The molecule has 136 valence electrons. The number of carbonyl (C=O) groups is 2. The number of nitrogens with one attached hydrogen (secondary N) is 2. The normalized spacial score (nSPS) is 10.3. The molecule has 0 aliphatic heterocycles. The molecule has 0 unspecified atom stereocenters. The second kappa shape index (κ2) is 9.31. The third-order valence-electron chi connectivity index (χ3n) is 3.25. The second-order valence-corrected chi connectivity index (χ2v) is 6.68. The van der Waals surface area contributed by atoms with E-state index in [1.165, 1.54) is 0 Å². The molecule has 0 saturated heterocycles. The van der Waals surface area contributed by atoms with Crippen molar-refractivity contribution in [3.05, 3.63) is 64.7 Å². The van der Waals surface area contributed by atoms with Gasteiger partial charge < -0.3 is 15.4 Å². The number of thiocarbonyl (C=S) groups is 1. The monoisotopic (exact) mass is 390 g/mol. The summed E-state index contributed by atoms with van der Waals surface area (Å²) in [7, 11) is 0. The Labute approximate surface area is 162 Å². The van der Waals surface area contributed by atoms with E-state index in [4.69, 9.17) is 28.6 Å². The summed E-state index contributed by atoms with van der Waals surface area (Å²) in [5, 5.41) is 6.31. The molecule has 26 heavy (non-hydrogen) atoms. The van der Waals surface area contributed by atoms with Crippen LogP contribution >= 0.6 is 23.8 Å². The molecule has 0 aromatic heterocycles. The number of hydrogen-bond donors (Lipinski definition) is 2. The number of halogens is 1. The van der Waals surface area contributed by atoms with Crippen LogP contribution in [0.2, 0.25) is 5.02 Å². The molecule has 0 fully saturated rings. The highest BCUT2D eigenvalue weighted by atomic mass is 35.5. The van der Waals surface area contributed by atoms with E-state index >= 15 is 0 Å². The van der Waals surface area contributed by atoms with Crippen LogP contribution in [0, 0.1) is 0 Å². The summed E-state index contributed by atoms with van der Waals surface area (Å²) >= 11 is 11.0. The van der Waals surface area contributed by atoms with Crippen molar-refractivity contribution >= 4 is 46.5 Å². The minimum absolute atomic E-state index is 0.177. The van der Waals surface area contributed by atoms with Gasteiger partial charge in [0.15, 0.2) is 5.11 Å². The smallest absolute Gasteiger partial charge is 0.338 e. The molecule has 0 aliphatic carbocycles. The van der Waals surface area contributed by atoms with Crippen LogP contribution in [0.25, 0.3) is 0 Å². The summed E-state index contributed by atoms with van der Waals surface area (Å²) in [4.78, 5) is 23.8. The number of anilines is 1. The van der Waals surface area contributed by atoms with Crippen molar-refractivity contribution in [1.82, 2.24) is 5.32 Å². The van der Waals surface area contributed by atoms with Gasteiger partial charge in [0.2, 0.25) is 5.91 Å². The van der Waals surface area contributed by atoms with Gasteiger partial charge in [-0.1, -0.05) is 23.7 Å². The fraction of sp³-hybridized carbons (Fsp3) is 0.211. The molecule has 0 aliphatic rings. The van der Waals surface area contributed by atoms with Gasteiger partial charge >= 0.3 is 5.97 Å². The van der Waals surface area contributed by atoms with Gasteiger partial charge in [-0.3, -0.25) is 4.79 Å². The summed E-state index contributed by atoms with van der Waals surface area (Å²) < 4.78 is 5.12.